The van der Waals surface area contributed by atoms with Crippen molar-refractivity contribution in [3.8, 4) is 0 Å². The Morgan fingerprint density at radius 1 is 1.42 bits per heavy atom. The third-order valence-electron chi connectivity index (χ3n) is 1.63. The molecule has 0 aromatic carbocycles. The van der Waals surface area contributed by atoms with Gasteiger partial charge in [-0.3, -0.25) is 0 Å². The lowest BCUT2D eigenvalue weighted by Crippen LogP contribution is -2.12. The zero-order valence-electron chi connectivity index (χ0n) is 7.36. The molecule has 1 nitrogen and oxygen atoms in total. The van der Waals surface area contributed by atoms with Crippen molar-refractivity contribution >= 4 is 15.9 Å². The molecule has 12 heavy (non-hydrogen) atoms. The van der Waals surface area contributed by atoms with Crippen LogP contribution in [0.25, 0.3) is 0 Å². The zero-order chi connectivity index (χ0) is 9.35. The molecule has 0 atom stereocenters. The maximum atomic E-state index is 12.7. The fourth-order valence-corrected chi connectivity index (χ4v) is 1.80. The van der Waals surface area contributed by atoms with Crippen molar-refractivity contribution in [2.45, 2.75) is 26.2 Å². The summed E-state index contributed by atoms with van der Waals surface area (Å²) in [5, 5.41) is 0. The van der Waals surface area contributed by atoms with Crippen LogP contribution in [-0.2, 0) is 5.41 Å². The van der Waals surface area contributed by atoms with Crippen LogP contribution in [0.3, 0.4) is 0 Å². The molecule has 0 N–H and O–H groups in total. The van der Waals surface area contributed by atoms with Crippen molar-refractivity contribution in [2.24, 2.45) is 0 Å². The van der Waals surface area contributed by atoms with Gasteiger partial charge in [0, 0.05) is 10.7 Å². The van der Waals surface area contributed by atoms with Crippen LogP contribution in [0.1, 0.15) is 26.3 Å². The van der Waals surface area contributed by atoms with Gasteiger partial charge < -0.3 is 0 Å². The van der Waals surface area contributed by atoms with E-state index in [2.05, 4.69) is 20.9 Å². The second kappa shape index (κ2) is 3.13. The SMILES string of the molecule is CC(C)(C)c1cc(F)ncc1Br. The van der Waals surface area contributed by atoms with Crippen LogP contribution >= 0.6 is 15.9 Å². The molecule has 0 aliphatic rings. The lowest BCUT2D eigenvalue weighted by atomic mass is 9.88. The molecule has 0 unspecified atom stereocenters. The molecule has 0 saturated heterocycles. The van der Waals surface area contributed by atoms with E-state index in [-0.39, 0.29) is 5.41 Å². The molecule has 1 aromatic rings. The predicted octanol–water partition coefficient (Wildman–Crippen LogP) is 3.28. The van der Waals surface area contributed by atoms with Gasteiger partial charge >= 0.3 is 0 Å². The Hall–Kier alpha value is -0.440. The Balaban J connectivity index is 3.23. The number of rotatable bonds is 0. The van der Waals surface area contributed by atoms with Gasteiger partial charge in [-0.05, 0) is 33.0 Å². The molecule has 0 aliphatic heterocycles. The summed E-state index contributed by atoms with van der Waals surface area (Å²) in [5.74, 6) is -0.428. The highest BCUT2D eigenvalue weighted by Crippen LogP contribution is 2.28. The normalized spacial score (nSPS) is 11.8. The maximum Gasteiger partial charge on any atom is 0.213 e. The summed E-state index contributed by atoms with van der Waals surface area (Å²) in [7, 11) is 0. The quantitative estimate of drug-likeness (QED) is 0.625. The largest absolute Gasteiger partial charge is 0.227 e. The van der Waals surface area contributed by atoms with Gasteiger partial charge in [-0.1, -0.05) is 20.8 Å². The summed E-state index contributed by atoms with van der Waals surface area (Å²) in [6.45, 7) is 6.10. The first kappa shape index (κ1) is 9.65. The Kier molecular flexibility index (Phi) is 2.52. The van der Waals surface area contributed by atoms with Crippen LogP contribution in [0.4, 0.5) is 4.39 Å². The minimum Gasteiger partial charge on any atom is -0.227 e. The van der Waals surface area contributed by atoms with E-state index in [1.165, 1.54) is 12.3 Å². The first-order chi connectivity index (χ1) is 5.41. The second-order valence-electron chi connectivity index (χ2n) is 3.74. The predicted molar refractivity (Wildman–Crippen MR) is 50.6 cm³/mol. The smallest absolute Gasteiger partial charge is 0.213 e. The molecule has 0 amide bonds. The van der Waals surface area contributed by atoms with E-state index in [9.17, 15) is 4.39 Å². The maximum absolute atomic E-state index is 12.7. The molecule has 3 heteroatoms. The summed E-state index contributed by atoms with van der Waals surface area (Å²) < 4.78 is 13.6. The highest BCUT2D eigenvalue weighted by atomic mass is 79.9. The third-order valence-corrected chi connectivity index (χ3v) is 2.26. The fourth-order valence-electron chi connectivity index (χ4n) is 0.988. The molecular weight excluding hydrogens is 221 g/mol. The van der Waals surface area contributed by atoms with Crippen LogP contribution in [0, 0.1) is 5.95 Å². The highest BCUT2D eigenvalue weighted by Gasteiger charge is 2.17. The van der Waals surface area contributed by atoms with Gasteiger partial charge in [-0.15, -0.1) is 0 Å². The van der Waals surface area contributed by atoms with Crippen molar-refractivity contribution in [2.75, 3.05) is 0 Å². The van der Waals surface area contributed by atoms with Gasteiger partial charge in [0.1, 0.15) is 0 Å². The molecule has 0 spiro atoms. The number of halogens is 2. The first-order valence-electron chi connectivity index (χ1n) is 3.73. The molecule has 0 aliphatic carbocycles. The van der Waals surface area contributed by atoms with Crippen LogP contribution in [0.15, 0.2) is 16.7 Å². The number of pyridine rings is 1. The van der Waals surface area contributed by atoms with Gasteiger partial charge in [0.25, 0.3) is 0 Å². The minimum absolute atomic E-state index is 0.0530. The van der Waals surface area contributed by atoms with Gasteiger partial charge in [-0.25, -0.2) is 4.98 Å². The van der Waals surface area contributed by atoms with Crippen LogP contribution in [0.2, 0.25) is 0 Å². The lowest BCUT2D eigenvalue weighted by molar-refractivity contribution is 0.549. The summed E-state index contributed by atoms with van der Waals surface area (Å²) in [5.41, 5.74) is 0.887. The number of hydrogen-bond acceptors (Lipinski definition) is 1. The van der Waals surface area contributed by atoms with Crippen LogP contribution < -0.4 is 0 Å². The Morgan fingerprint density at radius 2 is 2.00 bits per heavy atom. The van der Waals surface area contributed by atoms with Crippen molar-refractivity contribution in [3.05, 3.63) is 28.2 Å². The lowest BCUT2D eigenvalue weighted by Gasteiger charge is -2.20. The van der Waals surface area contributed by atoms with Gasteiger partial charge in [0.15, 0.2) is 0 Å². The second-order valence-corrected chi connectivity index (χ2v) is 4.59. The molecule has 0 bridgehead atoms. The number of nitrogens with zero attached hydrogens (tertiary/aromatic N) is 1. The van der Waals surface area contributed by atoms with E-state index in [4.69, 9.17) is 0 Å². The molecular formula is C9H11BrFN. The first-order valence-corrected chi connectivity index (χ1v) is 4.52. The van der Waals surface area contributed by atoms with Gasteiger partial charge in [-0.2, -0.15) is 4.39 Å². The summed E-state index contributed by atoms with van der Waals surface area (Å²) in [4.78, 5) is 3.54. The monoisotopic (exact) mass is 231 g/mol. The molecule has 66 valence electrons. The van der Waals surface area contributed by atoms with Crippen molar-refractivity contribution in [1.29, 1.82) is 0 Å². The average Bonchev–Trinajstić information content (AvgIpc) is 1.92. The Bertz CT molecular complexity index is 291. The van der Waals surface area contributed by atoms with Crippen LogP contribution in [0.5, 0.6) is 0 Å². The number of aromatic nitrogens is 1. The summed E-state index contributed by atoms with van der Waals surface area (Å²) in [6, 6.07) is 1.46. The van der Waals surface area contributed by atoms with E-state index >= 15 is 0 Å². The van der Waals surface area contributed by atoms with E-state index in [0.717, 1.165) is 10.0 Å². The summed E-state index contributed by atoms with van der Waals surface area (Å²) >= 11 is 3.34. The van der Waals surface area contributed by atoms with E-state index < -0.39 is 5.95 Å². The van der Waals surface area contributed by atoms with E-state index in [1.54, 1.807) is 0 Å². The Labute approximate surface area is 80.1 Å². The fraction of sp³-hybridized carbons (Fsp3) is 0.444. The average molecular weight is 232 g/mol. The van der Waals surface area contributed by atoms with E-state index in [0.29, 0.717) is 0 Å². The topological polar surface area (TPSA) is 12.9 Å². The minimum atomic E-state index is -0.428. The highest BCUT2D eigenvalue weighted by molar-refractivity contribution is 9.10. The molecule has 0 radical (unpaired) electrons. The summed E-state index contributed by atoms with van der Waals surface area (Å²) in [6.07, 6.45) is 1.50. The van der Waals surface area contributed by atoms with E-state index in [1.807, 2.05) is 20.8 Å². The third kappa shape index (κ3) is 2.03. The molecule has 0 saturated carbocycles. The van der Waals surface area contributed by atoms with Crippen LogP contribution in [-0.4, -0.2) is 4.98 Å². The standard InChI is InChI=1S/C9H11BrFN/c1-9(2,3)6-4-8(11)12-5-7(6)10/h4-5H,1-3H3. The molecule has 1 rings (SSSR count). The molecule has 0 fully saturated rings. The Morgan fingerprint density at radius 3 is 2.42 bits per heavy atom. The van der Waals surface area contributed by atoms with Gasteiger partial charge in [0.2, 0.25) is 5.95 Å². The molecule has 1 heterocycles. The molecule has 1 aromatic heterocycles. The van der Waals surface area contributed by atoms with Gasteiger partial charge in [0.05, 0.1) is 0 Å². The van der Waals surface area contributed by atoms with Crippen molar-refractivity contribution < 1.29 is 4.39 Å². The zero-order valence-corrected chi connectivity index (χ0v) is 8.94. The van der Waals surface area contributed by atoms with Crippen molar-refractivity contribution in [3.63, 3.8) is 0 Å². The number of hydrogen-bond donors (Lipinski definition) is 0. The van der Waals surface area contributed by atoms with Crippen molar-refractivity contribution in [1.82, 2.24) is 4.98 Å².